The average Bonchev–Trinajstić information content (AvgIpc) is 2.86. The number of hydrogen-bond acceptors (Lipinski definition) is 2. The zero-order valence-corrected chi connectivity index (χ0v) is 14.1. The van der Waals surface area contributed by atoms with Crippen molar-refractivity contribution in [1.82, 2.24) is 4.90 Å². The maximum absolute atomic E-state index is 14.1. The van der Waals surface area contributed by atoms with Crippen molar-refractivity contribution in [3.05, 3.63) is 68.1 Å². The standard InChI is InChI=1S/C15H12BrClFNOS/c1-2-8-19(9-10-6-7-13(17)21-10)15(20)11-4-3-5-12(16)14(11)18/h2-7H,1,8-9H2. The Morgan fingerprint density at radius 1 is 1.43 bits per heavy atom. The topological polar surface area (TPSA) is 20.3 Å². The second-order valence-corrected chi connectivity index (χ2v) is 6.94. The lowest BCUT2D eigenvalue weighted by molar-refractivity contribution is 0.0759. The summed E-state index contributed by atoms with van der Waals surface area (Å²) in [5.74, 6) is -0.931. The fourth-order valence-corrected chi connectivity index (χ4v) is 3.31. The van der Waals surface area contributed by atoms with Gasteiger partial charge in [0.15, 0.2) is 0 Å². The first-order valence-electron chi connectivity index (χ1n) is 6.11. The Morgan fingerprint density at radius 2 is 2.19 bits per heavy atom. The van der Waals surface area contributed by atoms with E-state index in [2.05, 4.69) is 22.5 Å². The van der Waals surface area contributed by atoms with Crippen molar-refractivity contribution in [2.45, 2.75) is 6.54 Å². The molecule has 0 N–H and O–H groups in total. The summed E-state index contributed by atoms with van der Waals surface area (Å²) in [5.41, 5.74) is 0.0360. The Kier molecular flexibility index (Phi) is 5.56. The number of benzene rings is 1. The second kappa shape index (κ2) is 7.20. The summed E-state index contributed by atoms with van der Waals surface area (Å²) in [6.45, 7) is 4.35. The predicted molar refractivity (Wildman–Crippen MR) is 88.4 cm³/mol. The van der Waals surface area contributed by atoms with Gasteiger partial charge in [0.1, 0.15) is 5.82 Å². The fraction of sp³-hybridized carbons (Fsp3) is 0.133. The summed E-state index contributed by atoms with van der Waals surface area (Å²) in [6, 6.07) is 8.29. The van der Waals surface area contributed by atoms with Crippen molar-refractivity contribution in [2.75, 3.05) is 6.54 Å². The fourth-order valence-electron chi connectivity index (χ4n) is 1.84. The summed E-state index contributed by atoms with van der Waals surface area (Å²) in [6.07, 6.45) is 1.61. The van der Waals surface area contributed by atoms with E-state index in [4.69, 9.17) is 11.6 Å². The lowest BCUT2D eigenvalue weighted by Crippen LogP contribution is -2.31. The SMILES string of the molecule is C=CCN(Cc1ccc(Cl)s1)C(=O)c1cccc(Br)c1F. The molecule has 1 amide bonds. The van der Waals surface area contributed by atoms with Gasteiger partial charge in [-0.3, -0.25) is 4.79 Å². The van der Waals surface area contributed by atoms with Crippen LogP contribution in [0.25, 0.3) is 0 Å². The summed E-state index contributed by atoms with van der Waals surface area (Å²) in [5, 5.41) is 0. The molecule has 1 heterocycles. The van der Waals surface area contributed by atoms with Crippen LogP contribution < -0.4 is 0 Å². The van der Waals surface area contributed by atoms with E-state index in [1.54, 1.807) is 24.3 Å². The molecule has 110 valence electrons. The Morgan fingerprint density at radius 3 is 2.81 bits per heavy atom. The second-order valence-electron chi connectivity index (χ2n) is 4.28. The normalized spacial score (nSPS) is 10.4. The first kappa shape index (κ1) is 16.2. The van der Waals surface area contributed by atoms with Crippen LogP contribution in [-0.2, 0) is 6.54 Å². The van der Waals surface area contributed by atoms with E-state index in [1.165, 1.54) is 22.3 Å². The van der Waals surface area contributed by atoms with E-state index in [0.717, 1.165) is 4.88 Å². The third-order valence-corrected chi connectivity index (χ3v) is 4.62. The summed E-state index contributed by atoms with van der Waals surface area (Å²) >= 11 is 10.4. The molecule has 0 saturated heterocycles. The van der Waals surface area contributed by atoms with E-state index < -0.39 is 5.82 Å². The van der Waals surface area contributed by atoms with Gasteiger partial charge in [0.25, 0.3) is 5.91 Å². The first-order valence-corrected chi connectivity index (χ1v) is 8.10. The van der Waals surface area contributed by atoms with Gasteiger partial charge in [-0.15, -0.1) is 17.9 Å². The molecule has 0 saturated carbocycles. The van der Waals surface area contributed by atoms with Gasteiger partial charge in [-0.1, -0.05) is 23.7 Å². The number of halogens is 3. The Balaban J connectivity index is 2.26. The zero-order chi connectivity index (χ0) is 15.4. The lowest BCUT2D eigenvalue weighted by Gasteiger charge is -2.21. The number of carbonyl (C=O) groups excluding carboxylic acids is 1. The Labute approximate surface area is 140 Å². The highest BCUT2D eigenvalue weighted by Crippen LogP contribution is 2.24. The molecule has 21 heavy (non-hydrogen) atoms. The molecule has 0 bridgehead atoms. The number of amides is 1. The zero-order valence-electron chi connectivity index (χ0n) is 11.0. The predicted octanol–water partition coefficient (Wildman–Crippen LogP) is 5.13. The van der Waals surface area contributed by atoms with Gasteiger partial charge in [0.2, 0.25) is 0 Å². The van der Waals surface area contributed by atoms with E-state index in [1.807, 2.05) is 6.07 Å². The molecule has 1 aromatic carbocycles. The van der Waals surface area contributed by atoms with Gasteiger partial charge in [0.05, 0.1) is 20.9 Å². The maximum Gasteiger partial charge on any atom is 0.257 e. The van der Waals surface area contributed by atoms with Crippen LogP contribution in [0.2, 0.25) is 4.34 Å². The minimum atomic E-state index is -0.555. The van der Waals surface area contributed by atoms with Crippen LogP contribution in [0.3, 0.4) is 0 Å². The van der Waals surface area contributed by atoms with Gasteiger partial charge in [-0.2, -0.15) is 0 Å². The molecule has 0 fully saturated rings. The van der Waals surface area contributed by atoms with E-state index in [-0.39, 0.29) is 15.9 Å². The first-order chi connectivity index (χ1) is 10.0. The molecule has 0 unspecified atom stereocenters. The number of carbonyl (C=O) groups is 1. The van der Waals surface area contributed by atoms with Crippen molar-refractivity contribution in [3.63, 3.8) is 0 Å². The Bertz CT molecular complexity index is 673. The van der Waals surface area contributed by atoms with Crippen LogP contribution in [0.1, 0.15) is 15.2 Å². The van der Waals surface area contributed by atoms with Crippen LogP contribution in [-0.4, -0.2) is 17.4 Å². The minimum Gasteiger partial charge on any atom is -0.330 e. The molecule has 2 aromatic rings. The number of hydrogen-bond donors (Lipinski definition) is 0. The molecule has 0 aliphatic heterocycles. The monoisotopic (exact) mass is 387 g/mol. The number of rotatable bonds is 5. The molecular formula is C15H12BrClFNOS. The quantitative estimate of drug-likeness (QED) is 0.650. The van der Waals surface area contributed by atoms with Crippen molar-refractivity contribution in [3.8, 4) is 0 Å². The van der Waals surface area contributed by atoms with Gasteiger partial charge in [-0.25, -0.2) is 4.39 Å². The smallest absolute Gasteiger partial charge is 0.257 e. The van der Waals surface area contributed by atoms with Gasteiger partial charge in [-0.05, 0) is 40.2 Å². The largest absolute Gasteiger partial charge is 0.330 e. The molecular weight excluding hydrogens is 377 g/mol. The van der Waals surface area contributed by atoms with Crippen molar-refractivity contribution in [1.29, 1.82) is 0 Å². The number of thiophene rings is 1. The highest BCUT2D eigenvalue weighted by Gasteiger charge is 2.20. The van der Waals surface area contributed by atoms with Crippen LogP contribution in [0.5, 0.6) is 0 Å². The minimum absolute atomic E-state index is 0.0360. The van der Waals surface area contributed by atoms with Gasteiger partial charge >= 0.3 is 0 Å². The van der Waals surface area contributed by atoms with Crippen molar-refractivity contribution >= 4 is 44.8 Å². The summed E-state index contributed by atoms with van der Waals surface area (Å²) in [7, 11) is 0. The molecule has 6 heteroatoms. The summed E-state index contributed by atoms with van der Waals surface area (Å²) in [4.78, 5) is 15.0. The van der Waals surface area contributed by atoms with Crippen molar-refractivity contribution < 1.29 is 9.18 Å². The van der Waals surface area contributed by atoms with Gasteiger partial charge in [0, 0.05) is 11.4 Å². The lowest BCUT2D eigenvalue weighted by atomic mass is 10.2. The molecule has 0 aliphatic rings. The third kappa shape index (κ3) is 3.93. The molecule has 2 nitrogen and oxygen atoms in total. The van der Waals surface area contributed by atoms with E-state index in [9.17, 15) is 9.18 Å². The van der Waals surface area contributed by atoms with Crippen LogP contribution >= 0.6 is 38.9 Å². The third-order valence-electron chi connectivity index (χ3n) is 2.79. The average molecular weight is 389 g/mol. The maximum atomic E-state index is 14.1. The van der Waals surface area contributed by atoms with Crippen LogP contribution in [0, 0.1) is 5.82 Å². The van der Waals surface area contributed by atoms with Crippen molar-refractivity contribution in [2.24, 2.45) is 0 Å². The molecule has 0 atom stereocenters. The van der Waals surface area contributed by atoms with Gasteiger partial charge < -0.3 is 4.90 Å². The van der Waals surface area contributed by atoms with Crippen LogP contribution in [0.15, 0.2) is 47.5 Å². The summed E-state index contributed by atoms with van der Waals surface area (Å²) < 4.78 is 15.0. The Hall–Kier alpha value is -1.17. The highest BCUT2D eigenvalue weighted by atomic mass is 79.9. The molecule has 2 rings (SSSR count). The molecule has 0 spiro atoms. The van der Waals surface area contributed by atoms with E-state index >= 15 is 0 Å². The molecule has 0 radical (unpaired) electrons. The number of nitrogens with zero attached hydrogens (tertiary/aromatic N) is 1. The van der Waals surface area contributed by atoms with Crippen LogP contribution in [0.4, 0.5) is 4.39 Å². The van der Waals surface area contributed by atoms with E-state index in [0.29, 0.717) is 17.4 Å². The molecule has 1 aromatic heterocycles. The highest BCUT2D eigenvalue weighted by molar-refractivity contribution is 9.10. The molecule has 0 aliphatic carbocycles.